The molecule has 1 aromatic heterocycles. The van der Waals surface area contributed by atoms with Crippen LogP contribution in [0.2, 0.25) is 0 Å². The van der Waals surface area contributed by atoms with Crippen LogP contribution in [0.4, 0.5) is 5.13 Å². The zero-order valence-electron chi connectivity index (χ0n) is 10.0. The highest BCUT2D eigenvalue weighted by Crippen LogP contribution is 2.27. The van der Waals surface area contributed by atoms with E-state index < -0.39 is 0 Å². The fourth-order valence-electron chi connectivity index (χ4n) is 2.15. The van der Waals surface area contributed by atoms with Gasteiger partial charge in [0.25, 0.3) is 0 Å². The summed E-state index contributed by atoms with van der Waals surface area (Å²) in [5.41, 5.74) is 5.81. The molecule has 1 fully saturated rings. The molecule has 0 bridgehead atoms. The van der Waals surface area contributed by atoms with E-state index in [9.17, 15) is 0 Å². The van der Waals surface area contributed by atoms with Gasteiger partial charge in [-0.2, -0.15) is 4.37 Å². The van der Waals surface area contributed by atoms with Gasteiger partial charge in [-0.3, -0.25) is 0 Å². The summed E-state index contributed by atoms with van der Waals surface area (Å²) in [6, 6.07) is 0. The van der Waals surface area contributed by atoms with Crippen LogP contribution in [0.25, 0.3) is 0 Å². The number of anilines is 1. The normalized spacial score (nSPS) is 26.1. The zero-order valence-corrected chi connectivity index (χ0v) is 10.8. The van der Waals surface area contributed by atoms with Crippen LogP contribution >= 0.6 is 11.5 Å². The third-order valence-electron chi connectivity index (χ3n) is 3.46. The lowest BCUT2D eigenvalue weighted by molar-refractivity contribution is 0.307. The highest BCUT2D eigenvalue weighted by molar-refractivity contribution is 7.09. The van der Waals surface area contributed by atoms with Crippen LogP contribution in [-0.2, 0) is 6.42 Å². The van der Waals surface area contributed by atoms with Crippen molar-refractivity contribution in [1.29, 1.82) is 0 Å². The molecule has 2 heterocycles. The average molecular weight is 240 g/mol. The maximum Gasteiger partial charge on any atom is 0.205 e. The van der Waals surface area contributed by atoms with E-state index in [1.165, 1.54) is 18.0 Å². The first-order valence-corrected chi connectivity index (χ1v) is 6.79. The van der Waals surface area contributed by atoms with Gasteiger partial charge in [0.2, 0.25) is 5.13 Å². The molecule has 2 atom stereocenters. The standard InChI is InChI=1S/C11H20N4S/c1-3-10-13-11(16-14-10)15-5-4-8(2)9(6-12)7-15/h8-9H,3-7,12H2,1-2H3. The number of nitrogens with two attached hydrogens (primary N) is 1. The molecule has 2 N–H and O–H groups in total. The Kier molecular flexibility index (Phi) is 3.76. The Morgan fingerprint density at radius 2 is 2.38 bits per heavy atom. The van der Waals surface area contributed by atoms with Crippen LogP contribution in [0.5, 0.6) is 0 Å². The minimum Gasteiger partial charge on any atom is -0.347 e. The number of piperidine rings is 1. The van der Waals surface area contributed by atoms with Gasteiger partial charge in [-0.05, 0) is 24.8 Å². The SMILES string of the molecule is CCc1nsc(N2CCC(C)C(CN)C2)n1. The summed E-state index contributed by atoms with van der Waals surface area (Å²) in [7, 11) is 0. The lowest BCUT2D eigenvalue weighted by Crippen LogP contribution is -2.42. The van der Waals surface area contributed by atoms with Crippen molar-refractivity contribution in [3.8, 4) is 0 Å². The summed E-state index contributed by atoms with van der Waals surface area (Å²) in [6.07, 6.45) is 2.13. The first kappa shape index (κ1) is 11.8. The molecule has 0 spiro atoms. The Morgan fingerprint density at radius 1 is 1.56 bits per heavy atom. The van der Waals surface area contributed by atoms with Gasteiger partial charge in [0.05, 0.1) is 0 Å². The largest absolute Gasteiger partial charge is 0.347 e. The van der Waals surface area contributed by atoms with Gasteiger partial charge in [0.1, 0.15) is 5.82 Å². The molecule has 2 unspecified atom stereocenters. The van der Waals surface area contributed by atoms with E-state index in [4.69, 9.17) is 5.73 Å². The van der Waals surface area contributed by atoms with Gasteiger partial charge >= 0.3 is 0 Å². The van der Waals surface area contributed by atoms with Gasteiger partial charge < -0.3 is 10.6 Å². The summed E-state index contributed by atoms with van der Waals surface area (Å²) in [6.45, 7) is 7.29. The predicted octanol–water partition coefficient (Wildman–Crippen LogP) is 1.52. The molecule has 0 aromatic carbocycles. The van der Waals surface area contributed by atoms with Crippen molar-refractivity contribution in [1.82, 2.24) is 9.36 Å². The zero-order chi connectivity index (χ0) is 11.5. The van der Waals surface area contributed by atoms with Gasteiger partial charge in [0, 0.05) is 31.0 Å². The summed E-state index contributed by atoms with van der Waals surface area (Å²) < 4.78 is 4.34. The Hall–Kier alpha value is -0.680. The van der Waals surface area contributed by atoms with Crippen molar-refractivity contribution in [3.05, 3.63) is 5.82 Å². The third kappa shape index (κ3) is 2.35. The summed E-state index contributed by atoms with van der Waals surface area (Å²) in [5.74, 6) is 2.30. The van der Waals surface area contributed by atoms with E-state index in [2.05, 4.69) is 28.1 Å². The third-order valence-corrected chi connectivity index (χ3v) is 4.28. The van der Waals surface area contributed by atoms with Crippen LogP contribution in [0.15, 0.2) is 0 Å². The molecule has 4 nitrogen and oxygen atoms in total. The van der Waals surface area contributed by atoms with Gasteiger partial charge in [-0.25, -0.2) is 4.98 Å². The molecule has 2 rings (SSSR count). The molecule has 0 saturated carbocycles. The molecule has 16 heavy (non-hydrogen) atoms. The monoisotopic (exact) mass is 240 g/mol. The van der Waals surface area contributed by atoms with Crippen molar-refractivity contribution in [2.45, 2.75) is 26.7 Å². The maximum atomic E-state index is 5.81. The summed E-state index contributed by atoms with van der Waals surface area (Å²) in [4.78, 5) is 6.88. The fourth-order valence-corrected chi connectivity index (χ4v) is 2.93. The van der Waals surface area contributed by atoms with E-state index in [1.54, 1.807) is 0 Å². The van der Waals surface area contributed by atoms with Gasteiger partial charge in [-0.1, -0.05) is 13.8 Å². The lowest BCUT2D eigenvalue weighted by Gasteiger charge is -2.36. The Balaban J connectivity index is 2.05. The number of aryl methyl sites for hydroxylation is 1. The van der Waals surface area contributed by atoms with Crippen LogP contribution in [0, 0.1) is 11.8 Å². The van der Waals surface area contributed by atoms with E-state index in [1.807, 2.05) is 0 Å². The van der Waals surface area contributed by atoms with E-state index in [-0.39, 0.29) is 0 Å². The van der Waals surface area contributed by atoms with Crippen molar-refractivity contribution < 1.29 is 0 Å². The van der Waals surface area contributed by atoms with Gasteiger partial charge in [0.15, 0.2) is 0 Å². The topological polar surface area (TPSA) is 55.0 Å². The minimum absolute atomic E-state index is 0.600. The summed E-state index contributed by atoms with van der Waals surface area (Å²) in [5, 5.41) is 1.07. The van der Waals surface area contributed by atoms with E-state index in [0.717, 1.165) is 42.9 Å². The molecule has 1 saturated heterocycles. The van der Waals surface area contributed by atoms with Crippen LogP contribution in [0.3, 0.4) is 0 Å². The van der Waals surface area contributed by atoms with Crippen molar-refractivity contribution in [2.24, 2.45) is 17.6 Å². The molecule has 0 aliphatic carbocycles. The van der Waals surface area contributed by atoms with Crippen molar-refractivity contribution in [2.75, 3.05) is 24.5 Å². The molecule has 1 aromatic rings. The smallest absolute Gasteiger partial charge is 0.205 e. The van der Waals surface area contributed by atoms with Crippen LogP contribution in [0.1, 0.15) is 26.1 Å². The van der Waals surface area contributed by atoms with E-state index >= 15 is 0 Å². The minimum atomic E-state index is 0.600. The fraction of sp³-hybridized carbons (Fsp3) is 0.818. The first-order valence-electron chi connectivity index (χ1n) is 6.02. The second-order valence-electron chi connectivity index (χ2n) is 4.55. The lowest BCUT2D eigenvalue weighted by atomic mass is 9.87. The van der Waals surface area contributed by atoms with Crippen molar-refractivity contribution in [3.63, 3.8) is 0 Å². The first-order chi connectivity index (χ1) is 7.74. The molecular formula is C11H20N4S. The van der Waals surface area contributed by atoms with Crippen LogP contribution in [-0.4, -0.2) is 29.0 Å². The van der Waals surface area contributed by atoms with Gasteiger partial charge in [-0.15, -0.1) is 0 Å². The molecule has 90 valence electrons. The number of nitrogens with zero attached hydrogens (tertiary/aromatic N) is 3. The molecule has 0 amide bonds. The highest BCUT2D eigenvalue weighted by Gasteiger charge is 2.26. The Morgan fingerprint density at radius 3 is 3.00 bits per heavy atom. The Bertz CT molecular complexity index is 338. The Labute approximate surface area is 101 Å². The van der Waals surface area contributed by atoms with Crippen molar-refractivity contribution >= 4 is 16.7 Å². The maximum absolute atomic E-state index is 5.81. The van der Waals surface area contributed by atoms with Crippen LogP contribution < -0.4 is 10.6 Å². The number of aromatic nitrogens is 2. The quantitative estimate of drug-likeness (QED) is 0.870. The summed E-state index contributed by atoms with van der Waals surface area (Å²) >= 11 is 1.52. The molecule has 1 aliphatic rings. The number of hydrogen-bond donors (Lipinski definition) is 1. The molecule has 0 radical (unpaired) electrons. The average Bonchev–Trinajstić information content (AvgIpc) is 2.78. The van der Waals surface area contributed by atoms with E-state index in [0.29, 0.717) is 5.92 Å². The second kappa shape index (κ2) is 5.10. The predicted molar refractivity (Wildman–Crippen MR) is 67.8 cm³/mol. The second-order valence-corrected chi connectivity index (χ2v) is 5.28. The number of hydrogen-bond acceptors (Lipinski definition) is 5. The highest BCUT2D eigenvalue weighted by atomic mass is 32.1. The number of rotatable bonds is 3. The molecular weight excluding hydrogens is 220 g/mol. The molecule has 5 heteroatoms. The molecule has 1 aliphatic heterocycles.